The van der Waals surface area contributed by atoms with Crippen LogP contribution >= 0.6 is 39.1 Å². The average Bonchev–Trinajstić information content (AvgIpc) is 2.84. The third-order valence-electron chi connectivity index (χ3n) is 4.72. The Morgan fingerprint density at radius 2 is 1.95 bits per heavy atom. The van der Waals surface area contributed by atoms with Gasteiger partial charge in [-0.1, -0.05) is 36.2 Å². The van der Waals surface area contributed by atoms with Crippen LogP contribution in [0.3, 0.4) is 0 Å². The summed E-state index contributed by atoms with van der Waals surface area (Å²) >= 11 is 15.3. The van der Waals surface area contributed by atoms with Gasteiger partial charge in [-0.05, 0) is 70.7 Å². The van der Waals surface area contributed by atoms with Crippen LogP contribution in [0.4, 0.5) is 15.8 Å². The molecule has 3 aromatic rings. The van der Waals surface area contributed by atoms with Crippen LogP contribution in [0.5, 0.6) is 11.5 Å². The second-order valence-electron chi connectivity index (χ2n) is 7.39. The number of nitrogens with zero attached hydrogens (tertiary/aromatic N) is 2. The van der Waals surface area contributed by atoms with E-state index in [1.54, 1.807) is 0 Å². The number of hydrogen-bond acceptors (Lipinski definition) is 5. The van der Waals surface area contributed by atoms with Crippen molar-refractivity contribution >= 4 is 72.3 Å². The molecular formula is C24H16BrCl2FN3O5S-. The van der Waals surface area contributed by atoms with Crippen molar-refractivity contribution in [2.75, 3.05) is 5.32 Å². The van der Waals surface area contributed by atoms with Crippen molar-refractivity contribution in [3.05, 3.63) is 85.8 Å². The van der Waals surface area contributed by atoms with Gasteiger partial charge in [-0.3, -0.25) is 4.79 Å². The minimum Gasteiger partial charge on any atom is -0.861 e. The largest absolute Gasteiger partial charge is 0.861 e. The zero-order valence-corrected chi connectivity index (χ0v) is 22.8. The second-order valence-corrected chi connectivity index (χ2v) is 10.7. The molecule has 0 saturated heterocycles. The number of amides is 1. The standard InChI is InChI=1S/C24H17BrCl2FN3O5S/c1-3-21(32)31-37(34,35)17-5-7-20(19(27)12-17)30-22(33)8-13-4-6-18(25)24(23(13)28)36-16-10-14(26)9-15(11-16)29-2/h4-7,9-12H,3,8H2,1H3,(H,30,33)(H,31,32)/p-1. The molecule has 0 fully saturated rings. The van der Waals surface area contributed by atoms with Crippen LogP contribution in [0.15, 0.2) is 62.3 Å². The van der Waals surface area contributed by atoms with E-state index in [1.807, 2.05) is 0 Å². The number of ether oxygens (including phenoxy) is 1. The molecule has 0 radical (unpaired) electrons. The topological polar surface area (TPSA) is 112 Å². The molecule has 37 heavy (non-hydrogen) atoms. The average molecular weight is 628 g/mol. The van der Waals surface area contributed by atoms with Crippen molar-refractivity contribution in [1.82, 2.24) is 0 Å². The van der Waals surface area contributed by atoms with Gasteiger partial charge in [-0.15, -0.1) is 0 Å². The highest BCUT2D eigenvalue weighted by molar-refractivity contribution is 9.10. The number of benzene rings is 3. The molecule has 0 spiro atoms. The molecule has 0 aliphatic heterocycles. The summed E-state index contributed by atoms with van der Waals surface area (Å²) in [5, 5.41) is 14.0. The number of nitrogens with one attached hydrogen (secondary N) is 1. The molecule has 0 aliphatic rings. The van der Waals surface area contributed by atoms with Gasteiger partial charge in [0.2, 0.25) is 5.91 Å². The Labute approximate surface area is 230 Å². The molecule has 192 valence electrons. The van der Waals surface area contributed by atoms with Gasteiger partial charge >= 0.3 is 0 Å². The Hall–Kier alpha value is -3.17. The lowest BCUT2D eigenvalue weighted by Crippen LogP contribution is -2.18. The first-order valence-electron chi connectivity index (χ1n) is 10.4. The summed E-state index contributed by atoms with van der Waals surface area (Å²) in [6, 6.07) is 10.5. The predicted octanol–water partition coefficient (Wildman–Crippen LogP) is 6.28. The van der Waals surface area contributed by atoms with E-state index in [0.29, 0.717) is 0 Å². The lowest BCUT2D eigenvalue weighted by molar-refractivity contribution is -0.217. The smallest absolute Gasteiger partial charge is 0.281 e. The molecule has 8 nitrogen and oxygen atoms in total. The SMILES string of the molecule is [C-]#[N+]c1cc(Cl)cc(Oc2c(Br)ccc(CC(=O)Nc3ccc(S(=O)(=O)/N=C(\[O-])CC)cc3Cl)c2F)c1. The summed E-state index contributed by atoms with van der Waals surface area (Å²) in [6.45, 7) is 8.59. The highest BCUT2D eigenvalue weighted by Gasteiger charge is 2.19. The molecule has 1 amide bonds. The number of carbonyl (C=O) groups is 1. The summed E-state index contributed by atoms with van der Waals surface area (Å²) < 4.78 is 48.7. The molecule has 0 aromatic heterocycles. The van der Waals surface area contributed by atoms with Gasteiger partial charge in [0.15, 0.2) is 17.3 Å². The van der Waals surface area contributed by atoms with Crippen molar-refractivity contribution in [3.63, 3.8) is 0 Å². The number of hydrogen-bond donors (Lipinski definition) is 1. The number of carbonyl (C=O) groups excluding carboxylic acids is 1. The highest BCUT2D eigenvalue weighted by atomic mass is 79.9. The maximum absolute atomic E-state index is 15.2. The maximum Gasteiger partial charge on any atom is 0.281 e. The third-order valence-corrected chi connectivity index (χ3v) is 7.17. The van der Waals surface area contributed by atoms with Gasteiger partial charge in [0.05, 0.1) is 33.1 Å². The van der Waals surface area contributed by atoms with Crippen LogP contribution < -0.4 is 15.2 Å². The van der Waals surface area contributed by atoms with Gasteiger partial charge in [-0.2, -0.15) is 12.8 Å². The van der Waals surface area contributed by atoms with Gasteiger partial charge in [0.1, 0.15) is 5.75 Å². The Balaban J connectivity index is 1.80. The molecule has 0 atom stereocenters. The third kappa shape index (κ3) is 7.20. The first kappa shape index (κ1) is 28.4. The van der Waals surface area contributed by atoms with Crippen LogP contribution in [-0.4, -0.2) is 20.2 Å². The number of rotatable bonds is 8. The molecule has 0 heterocycles. The Bertz CT molecular complexity index is 1560. The lowest BCUT2D eigenvalue weighted by Gasteiger charge is -2.13. The van der Waals surface area contributed by atoms with Crippen molar-refractivity contribution in [3.8, 4) is 11.5 Å². The molecule has 0 unspecified atom stereocenters. The van der Waals surface area contributed by atoms with E-state index in [2.05, 4.69) is 30.5 Å². The van der Waals surface area contributed by atoms with E-state index in [4.69, 9.17) is 34.5 Å². The first-order valence-corrected chi connectivity index (χ1v) is 13.4. The molecule has 1 N–H and O–H groups in total. The van der Waals surface area contributed by atoms with Crippen LogP contribution in [0, 0.1) is 12.4 Å². The number of anilines is 1. The molecule has 0 aliphatic carbocycles. The fourth-order valence-corrected chi connectivity index (χ4v) is 4.88. The van der Waals surface area contributed by atoms with E-state index >= 15 is 4.39 Å². The molecule has 13 heteroatoms. The summed E-state index contributed by atoms with van der Waals surface area (Å²) in [5.74, 6) is -2.34. The number of sulfonamides is 1. The highest BCUT2D eigenvalue weighted by Crippen LogP contribution is 2.37. The minimum atomic E-state index is -4.25. The summed E-state index contributed by atoms with van der Waals surface area (Å²) in [5.41, 5.74) is 0.276. The Morgan fingerprint density at radius 3 is 2.59 bits per heavy atom. The minimum absolute atomic E-state index is 0.00433. The van der Waals surface area contributed by atoms with Gasteiger partial charge in [0.25, 0.3) is 10.0 Å². The van der Waals surface area contributed by atoms with E-state index in [9.17, 15) is 18.3 Å². The Morgan fingerprint density at radius 1 is 1.22 bits per heavy atom. The zero-order valence-electron chi connectivity index (χ0n) is 18.9. The van der Waals surface area contributed by atoms with Gasteiger partial charge in [-0.25, -0.2) is 9.24 Å². The monoisotopic (exact) mass is 626 g/mol. The summed E-state index contributed by atoms with van der Waals surface area (Å²) in [7, 11) is -4.25. The Kier molecular flexibility index (Phi) is 9.15. The van der Waals surface area contributed by atoms with Crippen molar-refractivity contribution in [1.29, 1.82) is 0 Å². The van der Waals surface area contributed by atoms with Crippen molar-refractivity contribution in [2.45, 2.75) is 24.7 Å². The predicted molar refractivity (Wildman–Crippen MR) is 141 cm³/mol. The fraction of sp³-hybridized carbons (Fsp3) is 0.125. The van der Waals surface area contributed by atoms with Crippen LogP contribution in [-0.2, 0) is 21.2 Å². The fourth-order valence-electron chi connectivity index (χ4n) is 2.97. The van der Waals surface area contributed by atoms with Crippen LogP contribution in [0.2, 0.25) is 10.0 Å². The van der Waals surface area contributed by atoms with Crippen LogP contribution in [0.1, 0.15) is 18.9 Å². The van der Waals surface area contributed by atoms with Crippen molar-refractivity contribution < 1.29 is 27.4 Å². The molecule has 3 rings (SSSR count). The first-order chi connectivity index (χ1) is 17.4. The second kappa shape index (κ2) is 11.9. The van der Waals surface area contributed by atoms with E-state index in [0.717, 1.165) is 12.1 Å². The zero-order chi connectivity index (χ0) is 27.3. The van der Waals surface area contributed by atoms with Gasteiger partial charge in [0, 0.05) is 10.6 Å². The molecule has 0 bridgehead atoms. The van der Waals surface area contributed by atoms with Crippen molar-refractivity contribution in [2.24, 2.45) is 4.40 Å². The number of halogens is 4. The van der Waals surface area contributed by atoms with Crippen LogP contribution in [0.25, 0.3) is 4.85 Å². The maximum atomic E-state index is 15.2. The summed E-state index contributed by atoms with van der Waals surface area (Å²) in [6.07, 6.45) is -0.489. The van der Waals surface area contributed by atoms with E-state index in [-0.39, 0.29) is 54.3 Å². The van der Waals surface area contributed by atoms with Gasteiger partial charge < -0.3 is 15.2 Å². The lowest BCUT2D eigenvalue weighted by atomic mass is 10.1. The molecule has 3 aromatic carbocycles. The quantitative estimate of drug-likeness (QED) is 0.180. The summed E-state index contributed by atoms with van der Waals surface area (Å²) in [4.78, 5) is 15.6. The van der Waals surface area contributed by atoms with E-state index in [1.165, 1.54) is 43.3 Å². The normalized spacial score (nSPS) is 11.6. The van der Waals surface area contributed by atoms with E-state index < -0.39 is 34.1 Å². The molecule has 0 saturated carbocycles. The molecular weight excluding hydrogens is 612 g/mol.